The van der Waals surface area contributed by atoms with Gasteiger partial charge in [-0.25, -0.2) is 0 Å². The van der Waals surface area contributed by atoms with Gasteiger partial charge >= 0.3 is 5.97 Å². The molecule has 9 nitrogen and oxygen atoms in total. The molecule has 0 rings (SSSR count). The number of hydrogen-bond acceptors (Lipinski definition) is 6. The minimum absolute atomic E-state index is 0.132. The van der Waals surface area contributed by atoms with E-state index in [-0.39, 0.29) is 30.8 Å². The first-order valence-electron chi connectivity index (χ1n) is 7.10. The van der Waals surface area contributed by atoms with Crippen LogP contribution in [0.4, 0.5) is 0 Å². The molecule has 0 fully saturated rings. The standard InChI is InChI=1S/C13H26N6O3/c1-16-9-19-13(15)18-7-4-3-5-10(14)12(21)17-8-6-11(20)22-2/h10H,1,3-9,14H2,2H3,(H,17,21)(H3,15,18,19)/t10-/m1/s1. The van der Waals surface area contributed by atoms with Gasteiger partial charge in [-0.2, -0.15) is 0 Å². The molecule has 0 unspecified atom stereocenters. The van der Waals surface area contributed by atoms with E-state index in [0.717, 1.165) is 12.8 Å². The molecule has 0 aliphatic rings. The maximum Gasteiger partial charge on any atom is 0.307 e. The topological polar surface area (TPSA) is 142 Å². The van der Waals surface area contributed by atoms with Crippen molar-refractivity contribution in [2.45, 2.75) is 31.7 Å². The minimum atomic E-state index is -0.597. The number of nitrogens with one attached hydrogen (secondary N) is 4. The molecule has 1 atom stereocenters. The fraction of sp³-hybridized carbons (Fsp3) is 0.692. The number of carbonyl (C=O) groups is 2. The van der Waals surface area contributed by atoms with Crippen molar-refractivity contribution in [3.05, 3.63) is 0 Å². The smallest absolute Gasteiger partial charge is 0.307 e. The van der Waals surface area contributed by atoms with Gasteiger partial charge in [-0.1, -0.05) is 0 Å². The van der Waals surface area contributed by atoms with Crippen molar-refractivity contribution in [2.24, 2.45) is 10.7 Å². The number of carbonyl (C=O) groups excluding carboxylic acids is 2. The van der Waals surface area contributed by atoms with Crippen molar-refractivity contribution in [3.63, 3.8) is 0 Å². The van der Waals surface area contributed by atoms with Crippen molar-refractivity contribution in [1.82, 2.24) is 16.0 Å². The lowest BCUT2D eigenvalue weighted by molar-refractivity contribution is -0.140. The third-order valence-electron chi connectivity index (χ3n) is 2.80. The van der Waals surface area contributed by atoms with Crippen molar-refractivity contribution < 1.29 is 14.3 Å². The highest BCUT2D eigenvalue weighted by atomic mass is 16.5. The fourth-order valence-electron chi connectivity index (χ4n) is 1.55. The molecular weight excluding hydrogens is 288 g/mol. The van der Waals surface area contributed by atoms with Gasteiger partial charge in [0.1, 0.15) is 6.67 Å². The van der Waals surface area contributed by atoms with Gasteiger partial charge in [0.2, 0.25) is 5.91 Å². The van der Waals surface area contributed by atoms with Gasteiger partial charge in [0.15, 0.2) is 5.96 Å². The fourth-order valence-corrected chi connectivity index (χ4v) is 1.55. The lowest BCUT2D eigenvalue weighted by atomic mass is 10.1. The Labute approximate surface area is 130 Å². The molecule has 0 aromatic rings. The number of rotatable bonds is 11. The molecule has 0 saturated heterocycles. The quantitative estimate of drug-likeness (QED) is 0.142. The maximum absolute atomic E-state index is 11.6. The number of aliphatic imine (C=N–C) groups is 1. The number of ether oxygens (including phenoxy) is 1. The van der Waals surface area contributed by atoms with Gasteiger partial charge in [-0.15, -0.1) is 0 Å². The van der Waals surface area contributed by atoms with Gasteiger partial charge in [-0.05, 0) is 26.0 Å². The van der Waals surface area contributed by atoms with E-state index in [1.54, 1.807) is 0 Å². The molecule has 0 bridgehead atoms. The van der Waals surface area contributed by atoms with Gasteiger partial charge in [0, 0.05) is 13.1 Å². The minimum Gasteiger partial charge on any atom is -0.469 e. The first-order chi connectivity index (χ1) is 10.5. The SMILES string of the molecule is C=NCNC(=N)NCCCC[C@@H](N)C(=O)NCCC(=O)OC. The van der Waals surface area contributed by atoms with Crippen LogP contribution in [0.25, 0.3) is 0 Å². The van der Waals surface area contributed by atoms with Crippen LogP contribution < -0.4 is 21.7 Å². The van der Waals surface area contributed by atoms with Crippen LogP contribution in [-0.4, -0.2) is 57.5 Å². The lowest BCUT2D eigenvalue weighted by Crippen LogP contribution is -2.41. The molecule has 9 heteroatoms. The average molecular weight is 314 g/mol. The van der Waals surface area contributed by atoms with Gasteiger partial charge < -0.3 is 26.4 Å². The van der Waals surface area contributed by atoms with E-state index < -0.39 is 6.04 Å². The normalized spacial score (nSPS) is 11.2. The van der Waals surface area contributed by atoms with E-state index >= 15 is 0 Å². The number of unbranched alkanes of at least 4 members (excludes halogenated alkanes) is 1. The number of nitrogens with zero attached hydrogens (tertiary/aromatic N) is 1. The van der Waals surface area contributed by atoms with Crippen LogP contribution >= 0.6 is 0 Å². The molecule has 126 valence electrons. The van der Waals surface area contributed by atoms with Crippen molar-refractivity contribution in [2.75, 3.05) is 26.9 Å². The summed E-state index contributed by atoms with van der Waals surface area (Å²) in [5.74, 6) is -0.455. The van der Waals surface area contributed by atoms with E-state index in [4.69, 9.17) is 11.1 Å². The monoisotopic (exact) mass is 314 g/mol. The molecule has 0 spiro atoms. The molecule has 0 saturated carbocycles. The van der Waals surface area contributed by atoms with E-state index in [2.05, 4.69) is 32.4 Å². The zero-order valence-corrected chi connectivity index (χ0v) is 13.0. The molecule has 0 aliphatic carbocycles. The summed E-state index contributed by atoms with van der Waals surface area (Å²) < 4.78 is 4.47. The molecule has 0 aromatic heterocycles. The van der Waals surface area contributed by atoms with Crippen molar-refractivity contribution in [1.29, 1.82) is 5.41 Å². The predicted octanol–water partition coefficient (Wildman–Crippen LogP) is -1.06. The number of hydrogen-bond donors (Lipinski definition) is 5. The second kappa shape index (κ2) is 12.6. The number of amides is 1. The molecular formula is C13H26N6O3. The van der Waals surface area contributed by atoms with E-state index in [9.17, 15) is 9.59 Å². The van der Waals surface area contributed by atoms with E-state index in [0.29, 0.717) is 19.6 Å². The van der Waals surface area contributed by atoms with E-state index in [1.165, 1.54) is 7.11 Å². The Kier molecular flexibility index (Phi) is 11.3. The third-order valence-corrected chi connectivity index (χ3v) is 2.80. The molecule has 0 radical (unpaired) electrons. The van der Waals surface area contributed by atoms with Gasteiger partial charge in [-0.3, -0.25) is 20.0 Å². The van der Waals surface area contributed by atoms with Gasteiger partial charge in [0.25, 0.3) is 0 Å². The number of esters is 1. The Morgan fingerprint density at radius 2 is 2.00 bits per heavy atom. The van der Waals surface area contributed by atoms with Crippen LogP contribution in [0.5, 0.6) is 0 Å². The van der Waals surface area contributed by atoms with E-state index in [1.807, 2.05) is 0 Å². The summed E-state index contributed by atoms with van der Waals surface area (Å²) in [4.78, 5) is 26.1. The van der Waals surface area contributed by atoms with Crippen LogP contribution in [0.3, 0.4) is 0 Å². The third kappa shape index (κ3) is 10.6. The number of nitrogens with two attached hydrogens (primary N) is 1. The highest BCUT2D eigenvalue weighted by molar-refractivity contribution is 5.82. The zero-order valence-electron chi connectivity index (χ0n) is 13.0. The van der Waals surface area contributed by atoms with Crippen LogP contribution in [0.2, 0.25) is 0 Å². The number of guanidine groups is 1. The number of methoxy groups -OCH3 is 1. The van der Waals surface area contributed by atoms with Crippen LogP contribution in [0.1, 0.15) is 25.7 Å². The van der Waals surface area contributed by atoms with Crippen LogP contribution in [0, 0.1) is 5.41 Å². The Balaban J connectivity index is 3.61. The highest BCUT2D eigenvalue weighted by Crippen LogP contribution is 1.98. The summed E-state index contributed by atoms with van der Waals surface area (Å²) in [6, 6.07) is -0.597. The van der Waals surface area contributed by atoms with Crippen molar-refractivity contribution in [3.8, 4) is 0 Å². The summed E-state index contributed by atoms with van der Waals surface area (Å²) in [6.45, 7) is 4.43. The highest BCUT2D eigenvalue weighted by Gasteiger charge is 2.12. The summed E-state index contributed by atoms with van der Waals surface area (Å²) in [5, 5.41) is 15.6. The molecule has 22 heavy (non-hydrogen) atoms. The summed E-state index contributed by atoms with van der Waals surface area (Å²) in [6.07, 6.45) is 2.22. The molecule has 0 aromatic carbocycles. The average Bonchev–Trinajstić information content (AvgIpc) is 2.51. The largest absolute Gasteiger partial charge is 0.469 e. The summed E-state index contributed by atoms with van der Waals surface area (Å²) in [7, 11) is 1.30. The molecule has 1 amide bonds. The molecule has 6 N–H and O–H groups in total. The first kappa shape index (κ1) is 19.8. The summed E-state index contributed by atoms with van der Waals surface area (Å²) in [5.41, 5.74) is 5.75. The van der Waals surface area contributed by atoms with Crippen LogP contribution in [-0.2, 0) is 14.3 Å². The lowest BCUT2D eigenvalue weighted by Gasteiger charge is -2.12. The molecule has 0 aliphatic heterocycles. The Morgan fingerprint density at radius 1 is 1.27 bits per heavy atom. The van der Waals surface area contributed by atoms with Crippen molar-refractivity contribution >= 4 is 24.6 Å². The zero-order chi connectivity index (χ0) is 16.8. The second-order valence-corrected chi connectivity index (χ2v) is 4.58. The summed E-state index contributed by atoms with van der Waals surface area (Å²) >= 11 is 0. The van der Waals surface area contributed by atoms with Crippen LogP contribution in [0.15, 0.2) is 4.99 Å². The Hall–Kier alpha value is -2.16. The maximum atomic E-state index is 11.6. The predicted molar refractivity (Wildman–Crippen MR) is 84.8 cm³/mol. The Morgan fingerprint density at radius 3 is 2.64 bits per heavy atom. The first-order valence-corrected chi connectivity index (χ1v) is 7.10. The molecule has 0 heterocycles. The second-order valence-electron chi connectivity index (χ2n) is 4.58. The van der Waals surface area contributed by atoms with Gasteiger partial charge in [0.05, 0.1) is 19.6 Å². The Bertz CT molecular complexity index is 375.